The molecule has 0 unspecified atom stereocenters. The van der Waals surface area contributed by atoms with Gasteiger partial charge in [-0.3, -0.25) is 0 Å². The molecule has 78 valence electrons. The Morgan fingerprint density at radius 3 is 1.21 bits per heavy atom. The molecule has 0 fully saturated rings. The molecule has 0 aliphatic heterocycles. The summed E-state index contributed by atoms with van der Waals surface area (Å²) in [5.41, 5.74) is 0. The maximum atomic E-state index is 5.73. The fourth-order valence-electron chi connectivity index (χ4n) is 1.17. The van der Waals surface area contributed by atoms with Gasteiger partial charge in [-0.1, -0.05) is 34.6 Å². The number of hydrogen-bond acceptors (Lipinski definition) is 0. The fraction of sp³-hybridized carbons (Fsp3) is 0.250. The minimum atomic E-state index is -0.539. The molecule has 0 saturated heterocycles. The van der Waals surface area contributed by atoms with E-state index < -0.39 is 19.0 Å². The Balaban J connectivity index is 2.59. The first kappa shape index (κ1) is 12.9. The van der Waals surface area contributed by atoms with Gasteiger partial charge in [-0.05, 0) is 0 Å². The molecule has 1 aromatic rings. The molecule has 0 saturated carbocycles. The van der Waals surface area contributed by atoms with Crippen molar-refractivity contribution in [1.82, 2.24) is 0 Å². The fourth-order valence-corrected chi connectivity index (χ4v) is 5.03. The van der Waals surface area contributed by atoms with E-state index in [2.05, 4.69) is 24.3 Å². The van der Waals surface area contributed by atoms with Crippen LogP contribution in [0, 0.1) is 0 Å². The summed E-state index contributed by atoms with van der Waals surface area (Å²) in [5, 5.41) is 2.55. The number of hydrogen-bond donors (Lipinski definition) is 0. The summed E-state index contributed by atoms with van der Waals surface area (Å²) in [6.07, 6.45) is 0. The van der Waals surface area contributed by atoms with Crippen LogP contribution in [0.4, 0.5) is 0 Å². The third kappa shape index (κ3) is 5.05. The minimum Gasteiger partial charge on any atom is -0.110 e. The predicted molar refractivity (Wildman–Crippen MR) is 73.8 cm³/mol. The van der Waals surface area contributed by atoms with Crippen LogP contribution in [0.5, 0.6) is 0 Å². The second kappa shape index (κ2) is 6.41. The molecule has 0 radical (unpaired) electrons. The highest BCUT2D eigenvalue weighted by Crippen LogP contribution is 2.00. The number of rotatable bonds is 4. The van der Waals surface area contributed by atoms with Gasteiger partial charge in [0.25, 0.3) is 0 Å². The molecule has 0 amide bonds. The number of alkyl halides is 4. The van der Waals surface area contributed by atoms with Gasteiger partial charge >= 0.3 is 0 Å². The molecule has 6 heteroatoms. The molecule has 1 aromatic carbocycles. The average molecular weight is 304 g/mol. The average Bonchev–Trinajstić information content (AvgIpc) is 2.06. The zero-order chi connectivity index (χ0) is 10.6. The van der Waals surface area contributed by atoms with E-state index in [4.69, 9.17) is 46.4 Å². The van der Waals surface area contributed by atoms with Gasteiger partial charge in [-0.15, -0.1) is 46.4 Å². The zero-order valence-corrected chi connectivity index (χ0v) is 13.2. The lowest BCUT2D eigenvalue weighted by atomic mass is 10.4. The standard InChI is InChI=1S/C8H10Cl4Si2/c9-7(10)13-5-1-2-6(4-3-5)14-8(11)12/h1-4,7-8H,13-14H2. The minimum absolute atomic E-state index is 0.202. The van der Waals surface area contributed by atoms with Crippen molar-refractivity contribution in [2.75, 3.05) is 0 Å². The number of benzene rings is 1. The van der Waals surface area contributed by atoms with Crippen molar-refractivity contribution in [3.8, 4) is 0 Å². The predicted octanol–water partition coefficient (Wildman–Crippen LogP) is 0.797. The van der Waals surface area contributed by atoms with Crippen LogP contribution in [0.3, 0.4) is 0 Å². The monoisotopic (exact) mass is 302 g/mol. The first-order valence-electron chi connectivity index (χ1n) is 4.22. The van der Waals surface area contributed by atoms with E-state index in [0.717, 1.165) is 0 Å². The van der Waals surface area contributed by atoms with Gasteiger partial charge in [-0.25, -0.2) is 0 Å². The van der Waals surface area contributed by atoms with Crippen LogP contribution in [0.25, 0.3) is 0 Å². The third-order valence-electron chi connectivity index (χ3n) is 1.80. The van der Waals surface area contributed by atoms with E-state index in [0.29, 0.717) is 0 Å². The lowest BCUT2D eigenvalue weighted by Gasteiger charge is -2.04. The summed E-state index contributed by atoms with van der Waals surface area (Å²) in [5.74, 6) is 0. The summed E-state index contributed by atoms with van der Waals surface area (Å²) < 4.78 is -0.404. The Hall–Kier alpha value is 0.814. The lowest BCUT2D eigenvalue weighted by molar-refractivity contribution is 1.77. The molecule has 0 aromatic heterocycles. The van der Waals surface area contributed by atoms with Crippen LogP contribution in [0.1, 0.15) is 0 Å². The maximum absolute atomic E-state index is 5.73. The van der Waals surface area contributed by atoms with Gasteiger partial charge < -0.3 is 0 Å². The van der Waals surface area contributed by atoms with Crippen molar-refractivity contribution in [2.24, 2.45) is 0 Å². The Morgan fingerprint density at radius 2 is 1.00 bits per heavy atom. The second-order valence-corrected chi connectivity index (χ2v) is 11.7. The van der Waals surface area contributed by atoms with E-state index in [-0.39, 0.29) is 8.92 Å². The molecule has 0 aliphatic rings. The topological polar surface area (TPSA) is 0 Å². The van der Waals surface area contributed by atoms with Gasteiger partial charge in [-0.2, -0.15) is 0 Å². The van der Waals surface area contributed by atoms with Crippen LogP contribution in [0.15, 0.2) is 24.3 Å². The Kier molecular flexibility index (Phi) is 5.90. The molecule has 0 atom stereocenters. The summed E-state index contributed by atoms with van der Waals surface area (Å²) in [4.78, 5) is 0. The lowest BCUT2D eigenvalue weighted by Crippen LogP contribution is -2.25. The molecule has 0 nitrogen and oxygen atoms in total. The molecule has 0 spiro atoms. The third-order valence-corrected chi connectivity index (χ3v) is 6.16. The quantitative estimate of drug-likeness (QED) is 0.570. The largest absolute Gasteiger partial charge is 0.110 e. The van der Waals surface area contributed by atoms with Gasteiger partial charge in [0, 0.05) is 0 Å². The normalized spacial score (nSPS) is 13.0. The molecule has 0 aliphatic carbocycles. The van der Waals surface area contributed by atoms with Crippen LogP contribution in [0.2, 0.25) is 0 Å². The highest BCUT2D eigenvalue weighted by atomic mass is 35.5. The maximum Gasteiger partial charge on any atom is 0.0957 e. The Morgan fingerprint density at radius 1 is 0.714 bits per heavy atom. The molecule has 14 heavy (non-hydrogen) atoms. The molecule has 0 bridgehead atoms. The Bertz CT molecular complexity index is 244. The highest BCUT2D eigenvalue weighted by molar-refractivity contribution is 6.77. The summed E-state index contributed by atoms with van der Waals surface area (Å²) in [6.45, 7) is 0. The first-order valence-corrected chi connectivity index (χ1v) is 9.01. The van der Waals surface area contributed by atoms with E-state index in [1.165, 1.54) is 10.4 Å². The van der Waals surface area contributed by atoms with Crippen LogP contribution >= 0.6 is 46.4 Å². The van der Waals surface area contributed by atoms with Gasteiger partial charge in [0.15, 0.2) is 0 Å². The highest BCUT2D eigenvalue weighted by Gasteiger charge is 2.04. The van der Waals surface area contributed by atoms with E-state index in [1.807, 2.05) is 0 Å². The molecule has 0 heterocycles. The van der Waals surface area contributed by atoms with Crippen molar-refractivity contribution in [3.63, 3.8) is 0 Å². The van der Waals surface area contributed by atoms with E-state index in [1.54, 1.807) is 0 Å². The Labute approximate surface area is 109 Å². The van der Waals surface area contributed by atoms with Crippen LogP contribution in [-0.2, 0) is 0 Å². The van der Waals surface area contributed by atoms with Crippen molar-refractivity contribution in [3.05, 3.63) is 24.3 Å². The van der Waals surface area contributed by atoms with Crippen LogP contribution < -0.4 is 10.4 Å². The van der Waals surface area contributed by atoms with Crippen molar-refractivity contribution < 1.29 is 0 Å². The molecular formula is C8H10Cl4Si2. The molecular weight excluding hydrogens is 294 g/mol. The summed E-state index contributed by atoms with van der Waals surface area (Å²) in [6, 6.07) is 8.34. The van der Waals surface area contributed by atoms with Crippen molar-refractivity contribution >= 4 is 75.8 Å². The molecule has 1 rings (SSSR count). The SMILES string of the molecule is ClC(Cl)[SiH2]c1ccc([SiH2]C(Cl)Cl)cc1. The van der Waals surface area contributed by atoms with Crippen molar-refractivity contribution in [1.29, 1.82) is 0 Å². The van der Waals surface area contributed by atoms with Gasteiger partial charge in [0.2, 0.25) is 0 Å². The first-order chi connectivity index (χ1) is 6.58. The van der Waals surface area contributed by atoms with Crippen molar-refractivity contribution in [2.45, 2.75) is 8.92 Å². The van der Waals surface area contributed by atoms with Crippen LogP contribution in [-0.4, -0.2) is 28.0 Å². The van der Waals surface area contributed by atoms with E-state index >= 15 is 0 Å². The van der Waals surface area contributed by atoms with E-state index in [9.17, 15) is 0 Å². The van der Waals surface area contributed by atoms with Gasteiger partial charge in [0.05, 0.1) is 28.0 Å². The molecule has 0 N–H and O–H groups in total. The second-order valence-electron chi connectivity index (χ2n) is 3.01. The van der Waals surface area contributed by atoms with Gasteiger partial charge in [0.1, 0.15) is 0 Å². The smallest absolute Gasteiger partial charge is 0.0957 e. The summed E-state index contributed by atoms with van der Waals surface area (Å²) in [7, 11) is -1.08. The summed E-state index contributed by atoms with van der Waals surface area (Å²) >= 11 is 22.9. The number of halogens is 4. The zero-order valence-electron chi connectivity index (χ0n) is 7.39.